The molecule has 0 saturated heterocycles. The zero-order valence-corrected chi connectivity index (χ0v) is 10.6. The highest BCUT2D eigenvalue weighted by molar-refractivity contribution is 5.76. The third-order valence-electron chi connectivity index (χ3n) is 3.80. The molecule has 0 radical (unpaired) electrons. The smallest absolute Gasteiger partial charge is 0.312 e. The van der Waals surface area contributed by atoms with E-state index < -0.39 is 11.9 Å². The van der Waals surface area contributed by atoms with Crippen LogP contribution in [0.25, 0.3) is 0 Å². The molecule has 3 heteroatoms. The molecule has 1 aromatic rings. The molecule has 98 valence electrons. The van der Waals surface area contributed by atoms with E-state index >= 15 is 0 Å². The Morgan fingerprint density at radius 2 is 2.06 bits per heavy atom. The highest BCUT2D eigenvalue weighted by atomic mass is 16.4. The fourth-order valence-electron chi connectivity index (χ4n) is 2.37. The Morgan fingerprint density at radius 3 is 2.61 bits per heavy atom. The highest BCUT2D eigenvalue weighted by Crippen LogP contribution is 2.28. The molecule has 0 amide bonds. The molecule has 0 heterocycles. The molecule has 1 atom stereocenters. The maximum atomic E-state index is 11.3. The van der Waals surface area contributed by atoms with Crippen molar-refractivity contribution in [3.05, 3.63) is 35.9 Å². The molecule has 0 aliphatic heterocycles. The maximum Gasteiger partial charge on any atom is 0.312 e. The van der Waals surface area contributed by atoms with Crippen LogP contribution < -0.4 is 5.32 Å². The quantitative estimate of drug-likeness (QED) is 0.728. The summed E-state index contributed by atoms with van der Waals surface area (Å²) in [5, 5.41) is 12.5. The summed E-state index contributed by atoms with van der Waals surface area (Å²) in [5.41, 5.74) is 0.876. The number of hydrogen-bond acceptors (Lipinski definition) is 2. The SMILES string of the molecule is O=C(O)C(CNCCC1CCC1)c1ccccc1. The largest absolute Gasteiger partial charge is 0.481 e. The van der Waals surface area contributed by atoms with Crippen LogP contribution in [0.2, 0.25) is 0 Å². The molecular formula is C15H21NO2. The lowest BCUT2D eigenvalue weighted by molar-refractivity contribution is -0.138. The molecule has 1 aliphatic rings. The maximum absolute atomic E-state index is 11.3. The zero-order chi connectivity index (χ0) is 12.8. The van der Waals surface area contributed by atoms with Crippen LogP contribution in [-0.2, 0) is 4.79 Å². The lowest BCUT2D eigenvalue weighted by atomic mass is 9.83. The minimum atomic E-state index is -0.752. The van der Waals surface area contributed by atoms with Gasteiger partial charge >= 0.3 is 5.97 Å². The second kappa shape index (κ2) is 6.55. The number of hydrogen-bond donors (Lipinski definition) is 2. The fourth-order valence-corrected chi connectivity index (χ4v) is 2.37. The highest BCUT2D eigenvalue weighted by Gasteiger charge is 2.20. The summed E-state index contributed by atoms with van der Waals surface area (Å²) in [6, 6.07) is 9.45. The topological polar surface area (TPSA) is 49.3 Å². The number of aliphatic carboxylic acids is 1. The van der Waals surface area contributed by atoms with E-state index in [0.29, 0.717) is 6.54 Å². The van der Waals surface area contributed by atoms with Crippen molar-refractivity contribution < 1.29 is 9.90 Å². The average Bonchev–Trinajstić information content (AvgIpc) is 2.32. The van der Waals surface area contributed by atoms with E-state index in [9.17, 15) is 9.90 Å². The van der Waals surface area contributed by atoms with Crippen molar-refractivity contribution in [2.24, 2.45) is 5.92 Å². The average molecular weight is 247 g/mol. The molecule has 2 N–H and O–H groups in total. The molecule has 1 aromatic carbocycles. The van der Waals surface area contributed by atoms with Gasteiger partial charge < -0.3 is 10.4 Å². The van der Waals surface area contributed by atoms with Gasteiger partial charge in [-0.25, -0.2) is 0 Å². The van der Waals surface area contributed by atoms with Gasteiger partial charge in [-0.15, -0.1) is 0 Å². The second-order valence-electron chi connectivity index (χ2n) is 5.09. The Labute approximate surface area is 108 Å². The summed E-state index contributed by atoms with van der Waals surface area (Å²) in [6.07, 6.45) is 5.25. The lowest BCUT2D eigenvalue weighted by Gasteiger charge is -2.25. The van der Waals surface area contributed by atoms with E-state index in [-0.39, 0.29) is 0 Å². The molecule has 0 spiro atoms. The molecule has 18 heavy (non-hydrogen) atoms. The van der Waals surface area contributed by atoms with E-state index in [2.05, 4.69) is 5.32 Å². The first-order valence-corrected chi connectivity index (χ1v) is 6.76. The predicted molar refractivity (Wildman–Crippen MR) is 71.6 cm³/mol. The minimum absolute atomic E-state index is 0.437. The Hall–Kier alpha value is -1.35. The van der Waals surface area contributed by atoms with Gasteiger partial charge in [0.25, 0.3) is 0 Å². The van der Waals surface area contributed by atoms with Crippen molar-refractivity contribution in [2.75, 3.05) is 13.1 Å². The van der Waals surface area contributed by atoms with E-state index in [0.717, 1.165) is 18.0 Å². The summed E-state index contributed by atoms with van der Waals surface area (Å²) in [4.78, 5) is 11.3. The van der Waals surface area contributed by atoms with Gasteiger partial charge in [-0.1, -0.05) is 49.6 Å². The number of carbonyl (C=O) groups is 1. The van der Waals surface area contributed by atoms with Crippen molar-refractivity contribution in [3.63, 3.8) is 0 Å². The molecule has 0 bridgehead atoms. The predicted octanol–water partition coefficient (Wildman–Crippen LogP) is 2.63. The van der Waals surface area contributed by atoms with Crippen molar-refractivity contribution in [1.29, 1.82) is 0 Å². The van der Waals surface area contributed by atoms with E-state index in [1.54, 1.807) is 0 Å². The van der Waals surface area contributed by atoms with Gasteiger partial charge in [-0.2, -0.15) is 0 Å². The molecule has 1 unspecified atom stereocenters. The summed E-state index contributed by atoms with van der Waals surface area (Å²) in [6.45, 7) is 1.45. The van der Waals surface area contributed by atoms with Crippen LogP contribution in [0.5, 0.6) is 0 Å². The van der Waals surface area contributed by atoms with E-state index in [4.69, 9.17) is 0 Å². The Bertz CT molecular complexity index is 373. The van der Waals surface area contributed by atoms with Crippen LogP contribution in [0.1, 0.15) is 37.2 Å². The summed E-state index contributed by atoms with van der Waals surface area (Å²) in [5.74, 6) is -0.317. The second-order valence-corrected chi connectivity index (χ2v) is 5.09. The molecule has 2 rings (SSSR count). The number of nitrogens with one attached hydrogen (secondary N) is 1. The van der Waals surface area contributed by atoms with Crippen molar-refractivity contribution >= 4 is 5.97 Å². The van der Waals surface area contributed by atoms with Gasteiger partial charge in [0.05, 0.1) is 5.92 Å². The molecular weight excluding hydrogens is 226 g/mol. The Kier molecular flexibility index (Phi) is 4.76. The standard InChI is InChI=1S/C15H21NO2/c17-15(18)14(13-7-2-1-3-8-13)11-16-10-9-12-5-4-6-12/h1-3,7-8,12,14,16H,4-6,9-11H2,(H,17,18). The van der Waals surface area contributed by atoms with Crippen LogP contribution in [-0.4, -0.2) is 24.2 Å². The van der Waals surface area contributed by atoms with Crippen molar-refractivity contribution in [3.8, 4) is 0 Å². The van der Waals surface area contributed by atoms with Gasteiger partial charge in [0.2, 0.25) is 0 Å². The number of carboxylic acids is 1. The van der Waals surface area contributed by atoms with Crippen LogP contribution in [0.15, 0.2) is 30.3 Å². The van der Waals surface area contributed by atoms with Crippen molar-refractivity contribution in [2.45, 2.75) is 31.6 Å². The molecule has 1 aliphatic carbocycles. The number of carboxylic acid groups (broad SMARTS) is 1. The summed E-state index contributed by atoms with van der Waals surface area (Å²) >= 11 is 0. The van der Waals surface area contributed by atoms with Gasteiger partial charge in [0.1, 0.15) is 0 Å². The number of benzene rings is 1. The van der Waals surface area contributed by atoms with Crippen LogP contribution >= 0.6 is 0 Å². The van der Waals surface area contributed by atoms with Gasteiger partial charge in [-0.05, 0) is 24.4 Å². The first-order valence-electron chi connectivity index (χ1n) is 6.76. The van der Waals surface area contributed by atoms with Gasteiger partial charge in [-0.3, -0.25) is 4.79 Å². The monoisotopic (exact) mass is 247 g/mol. The number of rotatable bonds is 7. The first kappa shape index (κ1) is 13.1. The molecule has 1 fully saturated rings. The van der Waals surface area contributed by atoms with Crippen molar-refractivity contribution in [1.82, 2.24) is 5.32 Å². The van der Waals surface area contributed by atoms with Crippen LogP contribution in [0.3, 0.4) is 0 Å². The van der Waals surface area contributed by atoms with Gasteiger partial charge in [0.15, 0.2) is 0 Å². The zero-order valence-electron chi connectivity index (χ0n) is 10.6. The molecule has 1 saturated carbocycles. The summed E-state index contributed by atoms with van der Waals surface area (Å²) < 4.78 is 0. The lowest BCUT2D eigenvalue weighted by Crippen LogP contribution is -2.29. The van der Waals surface area contributed by atoms with Crippen LogP contribution in [0, 0.1) is 5.92 Å². The first-order chi connectivity index (χ1) is 8.77. The van der Waals surface area contributed by atoms with Gasteiger partial charge in [0, 0.05) is 6.54 Å². The fraction of sp³-hybridized carbons (Fsp3) is 0.533. The normalized spacial score (nSPS) is 17.1. The molecule has 3 nitrogen and oxygen atoms in total. The van der Waals surface area contributed by atoms with E-state index in [1.165, 1.54) is 25.7 Å². The Balaban J connectivity index is 1.77. The third-order valence-corrected chi connectivity index (χ3v) is 3.80. The van der Waals surface area contributed by atoms with E-state index in [1.807, 2.05) is 30.3 Å². The van der Waals surface area contributed by atoms with Crippen LogP contribution in [0.4, 0.5) is 0 Å². The Morgan fingerprint density at radius 1 is 1.33 bits per heavy atom. The minimum Gasteiger partial charge on any atom is -0.481 e. The molecule has 0 aromatic heterocycles. The third kappa shape index (κ3) is 3.57. The summed E-state index contributed by atoms with van der Waals surface area (Å²) in [7, 11) is 0.